The van der Waals surface area contributed by atoms with E-state index in [0.29, 0.717) is 12.8 Å². The maximum Gasteiger partial charge on any atom is 0.257 e. The second-order valence-electron chi connectivity index (χ2n) is 5.98. The predicted molar refractivity (Wildman–Crippen MR) is 106 cm³/mol. The summed E-state index contributed by atoms with van der Waals surface area (Å²) >= 11 is 6.06. The summed E-state index contributed by atoms with van der Waals surface area (Å²) in [5.41, 5.74) is 5.08. The van der Waals surface area contributed by atoms with Gasteiger partial charge in [-0.05, 0) is 25.0 Å². The molecule has 0 spiro atoms. The summed E-state index contributed by atoms with van der Waals surface area (Å²) in [6.45, 7) is 3.86. The SMILES string of the molecule is CCC(CC)(CN)NS(=O)(=O)c1cc(Cl)cc(C(=O)N(C)C)c1OC.Cl. The van der Waals surface area contributed by atoms with Crippen LogP contribution in [0.1, 0.15) is 37.0 Å². The Bertz CT molecular complexity index is 727. The van der Waals surface area contributed by atoms with E-state index in [1.54, 1.807) is 14.1 Å². The van der Waals surface area contributed by atoms with Crippen LogP contribution in [0.2, 0.25) is 5.02 Å². The molecule has 0 bridgehead atoms. The number of methoxy groups -OCH3 is 1. The summed E-state index contributed by atoms with van der Waals surface area (Å²) in [6.07, 6.45) is 1.04. The molecule has 7 nitrogen and oxygen atoms in total. The van der Waals surface area contributed by atoms with Gasteiger partial charge in [-0.3, -0.25) is 4.79 Å². The molecular weight excluding hydrogens is 401 g/mol. The average molecular weight is 428 g/mol. The second kappa shape index (κ2) is 9.75. The summed E-state index contributed by atoms with van der Waals surface area (Å²) in [7, 11) is 0.415. The molecule has 10 heteroatoms. The van der Waals surface area contributed by atoms with Crippen LogP contribution in [0.5, 0.6) is 5.75 Å². The summed E-state index contributed by atoms with van der Waals surface area (Å²) in [4.78, 5) is 13.5. The fourth-order valence-corrected chi connectivity index (χ4v) is 4.50. The number of nitrogens with two attached hydrogens (primary N) is 1. The Morgan fingerprint density at radius 1 is 1.31 bits per heavy atom. The van der Waals surface area contributed by atoms with Gasteiger partial charge < -0.3 is 15.4 Å². The van der Waals surface area contributed by atoms with E-state index in [4.69, 9.17) is 22.1 Å². The fraction of sp³-hybridized carbons (Fsp3) is 0.562. The molecule has 0 unspecified atom stereocenters. The summed E-state index contributed by atoms with van der Waals surface area (Å²) in [5, 5.41) is 0.123. The number of sulfonamides is 1. The summed E-state index contributed by atoms with van der Waals surface area (Å²) in [6, 6.07) is 2.65. The molecule has 0 atom stereocenters. The largest absolute Gasteiger partial charge is 0.494 e. The Kier molecular flexibility index (Phi) is 9.36. The van der Waals surface area contributed by atoms with Crippen LogP contribution in [0, 0.1) is 0 Å². The van der Waals surface area contributed by atoms with Crippen molar-refractivity contribution in [3.8, 4) is 5.75 Å². The van der Waals surface area contributed by atoms with Crippen molar-refractivity contribution in [1.82, 2.24) is 9.62 Å². The van der Waals surface area contributed by atoms with Crippen molar-refractivity contribution in [3.05, 3.63) is 22.7 Å². The minimum Gasteiger partial charge on any atom is -0.494 e. The number of rotatable bonds is 8. The third kappa shape index (κ3) is 5.23. The lowest BCUT2D eigenvalue weighted by Crippen LogP contribution is -2.52. The monoisotopic (exact) mass is 427 g/mol. The van der Waals surface area contributed by atoms with Gasteiger partial charge in [-0.25, -0.2) is 13.1 Å². The molecule has 0 fully saturated rings. The van der Waals surface area contributed by atoms with Crippen molar-refractivity contribution in [3.63, 3.8) is 0 Å². The molecule has 0 aliphatic heterocycles. The van der Waals surface area contributed by atoms with Crippen molar-refractivity contribution in [2.45, 2.75) is 37.1 Å². The lowest BCUT2D eigenvalue weighted by atomic mass is 9.95. The minimum absolute atomic E-state index is 0. The van der Waals surface area contributed by atoms with Crippen molar-refractivity contribution in [2.24, 2.45) is 5.73 Å². The zero-order chi connectivity index (χ0) is 19.4. The predicted octanol–water partition coefficient (Wildman–Crippen LogP) is 2.27. The van der Waals surface area contributed by atoms with Crippen LogP contribution in [0.15, 0.2) is 17.0 Å². The molecule has 0 heterocycles. The van der Waals surface area contributed by atoms with E-state index in [-0.39, 0.29) is 40.2 Å². The van der Waals surface area contributed by atoms with Gasteiger partial charge in [0.2, 0.25) is 10.0 Å². The maximum absolute atomic E-state index is 13.0. The van der Waals surface area contributed by atoms with E-state index in [1.165, 1.54) is 24.1 Å². The molecule has 26 heavy (non-hydrogen) atoms. The van der Waals surface area contributed by atoms with E-state index in [1.807, 2.05) is 13.8 Å². The van der Waals surface area contributed by atoms with Crippen molar-refractivity contribution >= 4 is 39.9 Å². The summed E-state index contributed by atoms with van der Waals surface area (Å²) < 4.78 is 33.8. The second-order valence-corrected chi connectivity index (χ2v) is 8.07. The van der Waals surface area contributed by atoms with Crippen molar-refractivity contribution in [2.75, 3.05) is 27.7 Å². The number of carbonyl (C=O) groups is 1. The molecule has 0 saturated carbocycles. The number of carbonyl (C=O) groups excluding carboxylic acids is 1. The number of ether oxygens (including phenoxy) is 1. The van der Waals surface area contributed by atoms with Crippen LogP contribution in [-0.2, 0) is 10.0 Å². The van der Waals surface area contributed by atoms with Gasteiger partial charge in [-0.2, -0.15) is 0 Å². The number of amides is 1. The molecule has 1 aromatic carbocycles. The van der Waals surface area contributed by atoms with Gasteiger partial charge in [0.25, 0.3) is 5.91 Å². The number of halogens is 2. The van der Waals surface area contributed by atoms with Gasteiger partial charge in [0.15, 0.2) is 5.75 Å². The Labute approximate surface area is 166 Å². The van der Waals surface area contributed by atoms with Gasteiger partial charge in [0.05, 0.1) is 12.7 Å². The van der Waals surface area contributed by atoms with Crippen LogP contribution in [0.3, 0.4) is 0 Å². The smallest absolute Gasteiger partial charge is 0.257 e. The van der Waals surface area contributed by atoms with Crippen LogP contribution in [0.4, 0.5) is 0 Å². The number of hydrogen-bond donors (Lipinski definition) is 2. The zero-order valence-electron chi connectivity index (χ0n) is 15.6. The number of benzene rings is 1. The quantitative estimate of drug-likeness (QED) is 0.662. The Morgan fingerprint density at radius 2 is 1.85 bits per heavy atom. The Morgan fingerprint density at radius 3 is 2.23 bits per heavy atom. The van der Waals surface area contributed by atoms with Gasteiger partial charge in [-0.15, -0.1) is 12.4 Å². The number of nitrogens with one attached hydrogen (secondary N) is 1. The molecule has 0 saturated heterocycles. The first kappa shape index (κ1) is 24.9. The highest BCUT2D eigenvalue weighted by Crippen LogP contribution is 2.33. The first-order chi connectivity index (χ1) is 11.6. The molecular formula is C16H27Cl2N3O4S. The third-order valence-electron chi connectivity index (χ3n) is 4.25. The molecule has 0 aromatic heterocycles. The lowest BCUT2D eigenvalue weighted by Gasteiger charge is -2.31. The fourth-order valence-electron chi connectivity index (χ4n) is 2.44. The summed E-state index contributed by atoms with van der Waals surface area (Å²) in [5.74, 6) is -0.458. The standard InChI is InChI=1S/C16H26ClN3O4S.ClH/c1-6-16(7-2,10-18)19-25(22,23)13-9-11(17)8-12(14(13)24-5)15(21)20(3)4;/h8-9,19H,6-7,10,18H2,1-5H3;1H. The minimum atomic E-state index is -4.01. The molecule has 3 N–H and O–H groups in total. The van der Waals surface area contributed by atoms with E-state index < -0.39 is 21.5 Å². The molecule has 1 aromatic rings. The molecule has 0 radical (unpaired) electrons. The van der Waals surface area contributed by atoms with E-state index in [0.717, 1.165) is 0 Å². The molecule has 0 aliphatic rings. The molecule has 1 amide bonds. The molecule has 0 aliphatic carbocycles. The van der Waals surface area contributed by atoms with Crippen LogP contribution in [0.25, 0.3) is 0 Å². The van der Waals surface area contributed by atoms with Crippen molar-refractivity contribution < 1.29 is 17.9 Å². The van der Waals surface area contributed by atoms with Gasteiger partial charge >= 0.3 is 0 Å². The highest BCUT2D eigenvalue weighted by molar-refractivity contribution is 7.89. The molecule has 1 rings (SSSR count). The van der Waals surface area contributed by atoms with Crippen LogP contribution in [-0.4, -0.2) is 52.5 Å². The normalized spacial score (nSPS) is 11.7. The maximum atomic E-state index is 13.0. The Balaban J connectivity index is 0.00000625. The average Bonchev–Trinajstić information content (AvgIpc) is 2.58. The lowest BCUT2D eigenvalue weighted by molar-refractivity contribution is 0.0824. The number of nitrogens with zero attached hydrogens (tertiary/aromatic N) is 1. The topological polar surface area (TPSA) is 102 Å². The van der Waals surface area contributed by atoms with E-state index >= 15 is 0 Å². The van der Waals surface area contributed by atoms with Gasteiger partial charge in [0, 0.05) is 31.2 Å². The van der Waals surface area contributed by atoms with Crippen LogP contribution < -0.4 is 15.2 Å². The Hall–Kier alpha value is -1.06. The molecule has 150 valence electrons. The van der Waals surface area contributed by atoms with Crippen LogP contribution >= 0.6 is 24.0 Å². The van der Waals surface area contributed by atoms with E-state index in [2.05, 4.69) is 4.72 Å². The van der Waals surface area contributed by atoms with E-state index in [9.17, 15) is 13.2 Å². The zero-order valence-corrected chi connectivity index (χ0v) is 18.0. The van der Waals surface area contributed by atoms with Crippen molar-refractivity contribution in [1.29, 1.82) is 0 Å². The third-order valence-corrected chi connectivity index (χ3v) is 6.05. The van der Waals surface area contributed by atoms with Gasteiger partial charge in [-0.1, -0.05) is 25.4 Å². The highest BCUT2D eigenvalue weighted by atomic mass is 35.5. The van der Waals surface area contributed by atoms with Gasteiger partial charge in [0.1, 0.15) is 4.90 Å². The highest BCUT2D eigenvalue weighted by Gasteiger charge is 2.34. The number of hydrogen-bond acceptors (Lipinski definition) is 5. The first-order valence-corrected chi connectivity index (χ1v) is 9.76. The first-order valence-electron chi connectivity index (χ1n) is 7.90.